The molecule has 0 saturated carbocycles. The minimum Gasteiger partial charge on any atom is -0.490 e. The fourth-order valence-corrected chi connectivity index (χ4v) is 2.07. The molecule has 0 radical (unpaired) electrons. The van der Waals surface area contributed by atoms with Gasteiger partial charge in [0.2, 0.25) is 0 Å². The van der Waals surface area contributed by atoms with Crippen LogP contribution in [0.4, 0.5) is 5.69 Å². The lowest BCUT2D eigenvalue weighted by atomic mass is 10.1. The van der Waals surface area contributed by atoms with Gasteiger partial charge in [-0.3, -0.25) is 14.9 Å². The fraction of sp³-hybridized carbons (Fsp3) is 0.417. The molecule has 1 atom stereocenters. The minimum absolute atomic E-state index is 0.114. The van der Waals surface area contributed by atoms with Crippen LogP contribution >= 0.6 is 0 Å². The number of ether oxygens (including phenoxy) is 1. The van der Waals surface area contributed by atoms with Crippen LogP contribution in [0, 0.1) is 10.1 Å². The van der Waals surface area contributed by atoms with Crippen molar-refractivity contribution in [3.8, 4) is 5.75 Å². The van der Waals surface area contributed by atoms with Gasteiger partial charge in [-0.2, -0.15) is 0 Å². The summed E-state index contributed by atoms with van der Waals surface area (Å²) in [5.41, 5.74) is -0.0188. The lowest BCUT2D eigenvalue weighted by molar-refractivity contribution is -0.385. The van der Waals surface area contributed by atoms with Gasteiger partial charge in [-0.25, -0.2) is 0 Å². The van der Waals surface area contributed by atoms with Gasteiger partial charge < -0.3 is 14.7 Å². The first-order valence-electron chi connectivity index (χ1n) is 5.82. The first kappa shape index (κ1) is 13.3. The number of aliphatic hydroxyl groups is 1. The summed E-state index contributed by atoms with van der Waals surface area (Å²) in [6.07, 6.45) is 0.0152. The third-order valence-electron chi connectivity index (χ3n) is 3.07. The Balaban J connectivity index is 2.28. The number of benzene rings is 1. The molecule has 1 aromatic carbocycles. The molecule has 1 aliphatic rings. The molecule has 1 fully saturated rings. The Kier molecular flexibility index (Phi) is 3.66. The van der Waals surface area contributed by atoms with Crippen molar-refractivity contribution in [2.45, 2.75) is 12.5 Å². The maximum absolute atomic E-state index is 12.1. The highest BCUT2D eigenvalue weighted by atomic mass is 16.6. The molecule has 0 spiro atoms. The Morgan fingerprint density at radius 2 is 2.32 bits per heavy atom. The molecule has 7 nitrogen and oxygen atoms in total. The number of amides is 1. The van der Waals surface area contributed by atoms with Gasteiger partial charge in [0.25, 0.3) is 5.91 Å². The third-order valence-corrected chi connectivity index (χ3v) is 3.07. The summed E-state index contributed by atoms with van der Waals surface area (Å²) >= 11 is 0. The zero-order valence-corrected chi connectivity index (χ0v) is 10.4. The summed E-state index contributed by atoms with van der Waals surface area (Å²) in [4.78, 5) is 23.9. The van der Waals surface area contributed by atoms with Gasteiger partial charge in [-0.05, 0) is 18.6 Å². The predicted molar refractivity (Wildman–Crippen MR) is 66.2 cm³/mol. The van der Waals surface area contributed by atoms with E-state index in [9.17, 15) is 20.0 Å². The predicted octanol–water partition coefficient (Wildman–Crippen LogP) is 0.810. The van der Waals surface area contributed by atoms with Crippen molar-refractivity contribution in [2.75, 3.05) is 20.2 Å². The van der Waals surface area contributed by atoms with Crippen LogP contribution in [0.2, 0.25) is 0 Å². The van der Waals surface area contributed by atoms with E-state index in [-0.39, 0.29) is 29.5 Å². The molecule has 1 heterocycles. The lowest BCUT2D eigenvalue weighted by Gasteiger charge is -2.15. The number of hydrogen-bond donors (Lipinski definition) is 1. The highest BCUT2D eigenvalue weighted by Gasteiger charge is 2.27. The number of nitro benzene ring substituents is 1. The maximum Gasteiger partial charge on any atom is 0.311 e. The first-order chi connectivity index (χ1) is 9.02. The summed E-state index contributed by atoms with van der Waals surface area (Å²) in [5.74, 6) is -0.203. The van der Waals surface area contributed by atoms with E-state index in [1.807, 2.05) is 0 Å². The fourth-order valence-electron chi connectivity index (χ4n) is 2.07. The standard InChI is InChI=1S/C12H14N2O5/c1-19-11-3-2-8(6-10(11)14(17)18)12(16)13-5-4-9(15)7-13/h2-3,6,9,15H,4-5,7H2,1H3/t9-/m1/s1. The number of nitrogens with zero attached hydrogens (tertiary/aromatic N) is 2. The van der Waals surface area contributed by atoms with E-state index in [0.29, 0.717) is 13.0 Å². The molecule has 1 saturated heterocycles. The summed E-state index contributed by atoms with van der Waals surface area (Å²) in [5, 5.41) is 20.3. The molecule has 2 rings (SSSR count). The van der Waals surface area contributed by atoms with Crippen molar-refractivity contribution in [3.05, 3.63) is 33.9 Å². The molecular formula is C12H14N2O5. The number of aliphatic hydroxyl groups excluding tert-OH is 1. The molecule has 1 amide bonds. The molecule has 102 valence electrons. The zero-order valence-electron chi connectivity index (χ0n) is 10.4. The van der Waals surface area contributed by atoms with Crippen molar-refractivity contribution >= 4 is 11.6 Å². The molecule has 0 aliphatic carbocycles. The van der Waals surface area contributed by atoms with Gasteiger partial charge in [0, 0.05) is 24.7 Å². The van der Waals surface area contributed by atoms with Gasteiger partial charge in [-0.15, -0.1) is 0 Å². The second-order valence-corrected chi connectivity index (χ2v) is 4.34. The van der Waals surface area contributed by atoms with Crippen LogP contribution < -0.4 is 4.74 Å². The number of nitro groups is 1. The number of β-amino-alcohol motifs (C(OH)–C–C–N with tert-alkyl or cyclic N) is 1. The van der Waals surface area contributed by atoms with Crippen molar-refractivity contribution in [3.63, 3.8) is 0 Å². The average molecular weight is 266 g/mol. The van der Waals surface area contributed by atoms with Crippen LogP contribution in [0.5, 0.6) is 5.75 Å². The van der Waals surface area contributed by atoms with E-state index in [1.54, 1.807) is 0 Å². The second-order valence-electron chi connectivity index (χ2n) is 4.34. The van der Waals surface area contributed by atoms with Crippen LogP contribution in [0.3, 0.4) is 0 Å². The van der Waals surface area contributed by atoms with Gasteiger partial charge in [0.15, 0.2) is 5.75 Å². The molecule has 1 aliphatic heterocycles. The van der Waals surface area contributed by atoms with Gasteiger partial charge in [0.05, 0.1) is 18.1 Å². The number of hydrogen-bond acceptors (Lipinski definition) is 5. The van der Waals surface area contributed by atoms with E-state index in [1.165, 1.54) is 30.2 Å². The molecule has 1 N–H and O–H groups in total. The highest BCUT2D eigenvalue weighted by molar-refractivity contribution is 5.95. The number of likely N-dealkylation sites (tertiary alicyclic amines) is 1. The lowest BCUT2D eigenvalue weighted by Crippen LogP contribution is -2.29. The Labute approximate surface area is 109 Å². The molecule has 19 heavy (non-hydrogen) atoms. The molecule has 0 bridgehead atoms. The van der Waals surface area contributed by atoms with Crippen molar-refractivity contribution < 1.29 is 19.6 Å². The minimum atomic E-state index is -0.589. The number of rotatable bonds is 3. The number of carbonyl (C=O) groups is 1. The Morgan fingerprint density at radius 3 is 2.84 bits per heavy atom. The van der Waals surface area contributed by atoms with Crippen LogP contribution in [0.1, 0.15) is 16.8 Å². The normalized spacial score (nSPS) is 18.4. The topological polar surface area (TPSA) is 92.9 Å². The van der Waals surface area contributed by atoms with Gasteiger partial charge in [-0.1, -0.05) is 0 Å². The Hall–Kier alpha value is -2.15. The summed E-state index contributed by atoms with van der Waals surface area (Å²) < 4.78 is 4.88. The molecule has 7 heteroatoms. The van der Waals surface area contributed by atoms with Gasteiger partial charge in [0.1, 0.15) is 0 Å². The average Bonchev–Trinajstić information content (AvgIpc) is 2.83. The highest BCUT2D eigenvalue weighted by Crippen LogP contribution is 2.28. The molecule has 0 aromatic heterocycles. The first-order valence-corrected chi connectivity index (χ1v) is 5.82. The number of methoxy groups -OCH3 is 1. The van der Waals surface area contributed by atoms with Gasteiger partial charge >= 0.3 is 5.69 Å². The monoisotopic (exact) mass is 266 g/mol. The van der Waals surface area contributed by atoms with E-state index in [0.717, 1.165) is 0 Å². The van der Waals surface area contributed by atoms with E-state index >= 15 is 0 Å². The quantitative estimate of drug-likeness (QED) is 0.645. The number of carbonyl (C=O) groups excluding carboxylic acids is 1. The van der Waals surface area contributed by atoms with Crippen LogP contribution in [0.25, 0.3) is 0 Å². The van der Waals surface area contributed by atoms with Crippen LogP contribution in [0.15, 0.2) is 18.2 Å². The van der Waals surface area contributed by atoms with Crippen LogP contribution in [-0.2, 0) is 0 Å². The van der Waals surface area contributed by atoms with E-state index < -0.39 is 11.0 Å². The van der Waals surface area contributed by atoms with Crippen molar-refractivity contribution in [1.82, 2.24) is 4.90 Å². The summed E-state index contributed by atoms with van der Waals surface area (Å²) in [6.45, 7) is 0.721. The Bertz CT molecular complexity index is 517. The molecule has 1 aromatic rings. The summed E-state index contributed by atoms with van der Waals surface area (Å²) in [7, 11) is 1.33. The zero-order chi connectivity index (χ0) is 14.0. The third kappa shape index (κ3) is 2.65. The smallest absolute Gasteiger partial charge is 0.311 e. The van der Waals surface area contributed by atoms with E-state index in [4.69, 9.17) is 4.74 Å². The van der Waals surface area contributed by atoms with E-state index in [2.05, 4.69) is 0 Å². The molecular weight excluding hydrogens is 252 g/mol. The van der Waals surface area contributed by atoms with Crippen LogP contribution in [-0.4, -0.2) is 47.1 Å². The largest absolute Gasteiger partial charge is 0.490 e. The maximum atomic E-state index is 12.1. The van der Waals surface area contributed by atoms with Crippen molar-refractivity contribution in [1.29, 1.82) is 0 Å². The summed E-state index contributed by atoms with van der Waals surface area (Å²) in [6, 6.07) is 4.09. The second kappa shape index (κ2) is 5.23. The SMILES string of the molecule is COc1ccc(C(=O)N2CC[C@@H](O)C2)cc1[N+](=O)[O-]. The van der Waals surface area contributed by atoms with Crippen molar-refractivity contribution in [2.24, 2.45) is 0 Å². The molecule has 0 unspecified atom stereocenters. The Morgan fingerprint density at radius 1 is 1.58 bits per heavy atom.